The molecule has 0 aliphatic rings. The van der Waals surface area contributed by atoms with Crippen LogP contribution in [-0.2, 0) is 19.1 Å². The molecule has 0 aliphatic heterocycles. The third kappa shape index (κ3) is 7.47. The van der Waals surface area contributed by atoms with E-state index in [9.17, 15) is 14.4 Å². The highest BCUT2D eigenvalue weighted by atomic mass is 16.5. The summed E-state index contributed by atoms with van der Waals surface area (Å²) in [4.78, 5) is 35.0. The Hall–Kier alpha value is -1.87. The fraction of sp³-hybridized carbons (Fsp3) is 0.750. The van der Waals surface area contributed by atoms with Crippen LogP contribution in [0.25, 0.3) is 0 Å². The molecule has 0 spiro atoms. The van der Waals surface area contributed by atoms with Gasteiger partial charge in [-0.05, 0) is 6.92 Å². The molecule has 0 bridgehead atoms. The van der Waals surface area contributed by atoms with Gasteiger partial charge in [-0.2, -0.15) is 0 Å². The summed E-state index contributed by atoms with van der Waals surface area (Å²) in [7, 11) is 2.95. The topological polar surface area (TPSA) is 125 Å². The van der Waals surface area contributed by atoms with Gasteiger partial charge in [-0.3, -0.25) is 4.79 Å². The van der Waals surface area contributed by atoms with Gasteiger partial charge in [-0.15, -0.1) is 0 Å². The molecule has 2 amide bonds. The largest absolute Gasteiger partial charge is 0.481 e. The van der Waals surface area contributed by atoms with Crippen molar-refractivity contribution in [3.8, 4) is 0 Å². The van der Waals surface area contributed by atoms with E-state index < -0.39 is 30.4 Å². The fourth-order valence-corrected chi connectivity index (χ4v) is 1.65. The highest BCUT2D eigenvalue weighted by Crippen LogP contribution is 2.03. The molecular weight excluding hydrogens is 284 g/mol. The lowest BCUT2D eigenvalue weighted by atomic mass is 10.2. The van der Waals surface area contributed by atoms with Crippen molar-refractivity contribution in [2.24, 2.45) is 0 Å². The minimum atomic E-state index is -1.49. The van der Waals surface area contributed by atoms with E-state index >= 15 is 0 Å². The van der Waals surface area contributed by atoms with Crippen molar-refractivity contribution in [1.82, 2.24) is 10.2 Å². The van der Waals surface area contributed by atoms with Crippen molar-refractivity contribution in [3.05, 3.63) is 0 Å². The van der Waals surface area contributed by atoms with Crippen LogP contribution in [0.4, 0.5) is 4.79 Å². The van der Waals surface area contributed by atoms with Gasteiger partial charge in [-0.25, -0.2) is 9.59 Å². The Kier molecular flexibility index (Phi) is 9.06. The lowest BCUT2D eigenvalue weighted by Gasteiger charge is -2.29. The van der Waals surface area contributed by atoms with Crippen molar-refractivity contribution < 1.29 is 34.1 Å². The summed E-state index contributed by atoms with van der Waals surface area (Å²) in [6, 6.07) is -2.48. The number of nitrogens with one attached hydrogen (secondary N) is 1. The van der Waals surface area contributed by atoms with E-state index in [-0.39, 0.29) is 25.8 Å². The molecule has 9 heteroatoms. The molecule has 0 aromatic rings. The second-order valence-electron chi connectivity index (χ2n) is 4.43. The van der Waals surface area contributed by atoms with Gasteiger partial charge in [0, 0.05) is 20.8 Å². The monoisotopic (exact) mass is 306 g/mol. The van der Waals surface area contributed by atoms with Gasteiger partial charge in [0.2, 0.25) is 0 Å². The summed E-state index contributed by atoms with van der Waals surface area (Å²) in [6.07, 6.45) is -0.697. The molecule has 1 unspecified atom stereocenters. The van der Waals surface area contributed by atoms with Crippen LogP contribution in [0, 0.1) is 0 Å². The number of hydrogen-bond donors (Lipinski definition) is 3. The van der Waals surface area contributed by atoms with Crippen molar-refractivity contribution in [2.45, 2.75) is 25.4 Å². The molecule has 0 rings (SSSR count). The summed E-state index contributed by atoms with van der Waals surface area (Å²) in [6.45, 7) is 2.48. The number of methoxy groups -OCH3 is 2. The maximum absolute atomic E-state index is 12.1. The maximum atomic E-state index is 12.1. The van der Waals surface area contributed by atoms with Crippen LogP contribution in [0.1, 0.15) is 13.3 Å². The summed E-state index contributed by atoms with van der Waals surface area (Å²) < 4.78 is 9.85. The number of nitrogens with zero attached hydrogens (tertiary/aromatic N) is 1. The zero-order valence-electron chi connectivity index (χ0n) is 12.4. The maximum Gasteiger partial charge on any atom is 0.326 e. The third-order valence-corrected chi connectivity index (χ3v) is 2.71. The number of carbonyl (C=O) groups is 3. The fourth-order valence-electron chi connectivity index (χ4n) is 1.65. The molecule has 0 aromatic carbocycles. The molecule has 2 atom stereocenters. The van der Waals surface area contributed by atoms with E-state index in [4.69, 9.17) is 19.7 Å². The highest BCUT2D eigenvalue weighted by molar-refractivity contribution is 5.86. The molecule has 0 radical (unpaired) electrons. The predicted octanol–water partition coefficient (Wildman–Crippen LogP) is -0.393. The number of urea groups is 1. The molecule has 0 fully saturated rings. The first-order chi connectivity index (χ1) is 9.83. The number of carbonyl (C=O) groups excluding carboxylic acids is 1. The molecular formula is C12H22N2O7. The number of carboxylic acid groups (broad SMARTS) is 2. The van der Waals surface area contributed by atoms with Gasteiger partial charge in [-0.1, -0.05) is 0 Å². The van der Waals surface area contributed by atoms with E-state index in [0.717, 1.165) is 0 Å². The summed E-state index contributed by atoms with van der Waals surface area (Å²) in [5, 5.41) is 19.8. The number of ether oxygens (including phenoxy) is 2. The standard InChI is InChI=1S/C12H22N2O7/c1-8(7-21-3)14(4-5-20-2)12(19)13-9(11(17)18)6-10(15)16/h8-9H,4-7H2,1-3H3,(H,13,19)(H,15,16)(H,17,18)/t8?,9-/m1/s1. The lowest BCUT2D eigenvalue weighted by molar-refractivity contribution is -0.145. The zero-order chi connectivity index (χ0) is 16.4. The van der Waals surface area contributed by atoms with Crippen LogP contribution in [0.2, 0.25) is 0 Å². The average Bonchev–Trinajstić information content (AvgIpc) is 2.38. The zero-order valence-corrected chi connectivity index (χ0v) is 12.4. The number of hydrogen-bond acceptors (Lipinski definition) is 5. The van der Waals surface area contributed by atoms with Gasteiger partial charge in [0.25, 0.3) is 0 Å². The minimum Gasteiger partial charge on any atom is -0.481 e. The van der Waals surface area contributed by atoms with Crippen molar-refractivity contribution in [1.29, 1.82) is 0 Å². The summed E-state index contributed by atoms with van der Waals surface area (Å²) in [5.74, 6) is -2.71. The molecule has 0 saturated carbocycles. The Bertz CT molecular complexity index is 362. The Labute approximate surface area is 122 Å². The number of amides is 2. The van der Waals surface area contributed by atoms with Crippen molar-refractivity contribution >= 4 is 18.0 Å². The van der Waals surface area contributed by atoms with Gasteiger partial charge >= 0.3 is 18.0 Å². The van der Waals surface area contributed by atoms with E-state index in [1.54, 1.807) is 6.92 Å². The number of rotatable bonds is 10. The molecule has 0 aromatic heterocycles. The first kappa shape index (κ1) is 19.1. The van der Waals surface area contributed by atoms with Crippen LogP contribution < -0.4 is 5.32 Å². The van der Waals surface area contributed by atoms with E-state index in [0.29, 0.717) is 0 Å². The number of aliphatic carboxylic acids is 2. The van der Waals surface area contributed by atoms with Gasteiger partial charge < -0.3 is 29.9 Å². The summed E-state index contributed by atoms with van der Waals surface area (Å²) >= 11 is 0. The summed E-state index contributed by atoms with van der Waals surface area (Å²) in [5.41, 5.74) is 0. The first-order valence-electron chi connectivity index (χ1n) is 6.33. The highest BCUT2D eigenvalue weighted by Gasteiger charge is 2.27. The molecule has 0 saturated heterocycles. The Balaban J connectivity index is 4.82. The molecule has 0 aliphatic carbocycles. The molecule has 21 heavy (non-hydrogen) atoms. The lowest BCUT2D eigenvalue weighted by Crippen LogP contribution is -2.53. The third-order valence-electron chi connectivity index (χ3n) is 2.71. The smallest absolute Gasteiger partial charge is 0.326 e. The van der Waals surface area contributed by atoms with Crippen LogP contribution >= 0.6 is 0 Å². The molecule has 9 nitrogen and oxygen atoms in total. The van der Waals surface area contributed by atoms with Crippen molar-refractivity contribution in [3.63, 3.8) is 0 Å². The van der Waals surface area contributed by atoms with Crippen molar-refractivity contribution in [2.75, 3.05) is 34.0 Å². The van der Waals surface area contributed by atoms with Crippen LogP contribution in [0.5, 0.6) is 0 Å². The Morgan fingerprint density at radius 2 is 1.81 bits per heavy atom. The molecule has 3 N–H and O–H groups in total. The van der Waals surface area contributed by atoms with Crippen LogP contribution in [0.15, 0.2) is 0 Å². The van der Waals surface area contributed by atoms with Gasteiger partial charge in [0.05, 0.1) is 25.7 Å². The Morgan fingerprint density at radius 1 is 1.19 bits per heavy atom. The Morgan fingerprint density at radius 3 is 2.24 bits per heavy atom. The van der Waals surface area contributed by atoms with Crippen LogP contribution in [0.3, 0.4) is 0 Å². The van der Waals surface area contributed by atoms with E-state index in [1.165, 1.54) is 19.1 Å². The predicted molar refractivity (Wildman–Crippen MR) is 72.1 cm³/mol. The quantitative estimate of drug-likeness (QED) is 0.501. The second-order valence-corrected chi connectivity index (χ2v) is 4.43. The first-order valence-corrected chi connectivity index (χ1v) is 6.33. The van der Waals surface area contributed by atoms with Gasteiger partial charge in [0.1, 0.15) is 6.04 Å². The minimum absolute atomic E-state index is 0.228. The van der Waals surface area contributed by atoms with Gasteiger partial charge in [0.15, 0.2) is 0 Å². The van der Waals surface area contributed by atoms with E-state index in [2.05, 4.69) is 5.32 Å². The molecule has 0 heterocycles. The average molecular weight is 306 g/mol. The second kappa shape index (κ2) is 9.94. The van der Waals surface area contributed by atoms with E-state index in [1.807, 2.05) is 0 Å². The molecule has 122 valence electrons. The normalized spacial score (nSPS) is 13.3. The number of carboxylic acids is 2. The SMILES string of the molecule is COCCN(C(=O)N[C@H](CC(=O)O)C(=O)O)C(C)COC. The van der Waals surface area contributed by atoms with Crippen LogP contribution in [-0.4, -0.2) is 79.1 Å².